The molecule has 0 bridgehead atoms. The van der Waals surface area contributed by atoms with E-state index in [0.717, 1.165) is 24.3 Å². The average Bonchev–Trinajstić information content (AvgIpc) is 2.98. The SMILES string of the molecule is COc1cc(F)c(O[C@H]2CC[C@@](C)(C(=O)O)CC2)cc1C(=O)N[C@H]1COCC[C@H]1C(=O)Nc1cccc(S(=O)(=O)C(F)(F)F)c1. The number of hydrogen-bond acceptors (Lipinski definition) is 8. The summed E-state index contributed by atoms with van der Waals surface area (Å²) in [6, 6.07) is 4.91. The number of carboxylic acid groups (broad SMARTS) is 1. The van der Waals surface area contributed by atoms with E-state index in [1.165, 1.54) is 13.2 Å². The number of carboxylic acids is 1. The van der Waals surface area contributed by atoms with Gasteiger partial charge in [-0.25, -0.2) is 12.8 Å². The first-order valence-electron chi connectivity index (χ1n) is 13.9. The van der Waals surface area contributed by atoms with Gasteiger partial charge in [-0.05, 0) is 63.3 Å². The Morgan fingerprint density at radius 1 is 1.07 bits per heavy atom. The van der Waals surface area contributed by atoms with E-state index in [1.54, 1.807) is 6.92 Å². The minimum atomic E-state index is -5.65. The third-order valence-electron chi connectivity index (χ3n) is 8.07. The molecule has 1 saturated heterocycles. The second-order valence-electron chi connectivity index (χ2n) is 11.2. The van der Waals surface area contributed by atoms with Crippen molar-refractivity contribution in [2.75, 3.05) is 25.6 Å². The van der Waals surface area contributed by atoms with Gasteiger partial charge in [-0.2, -0.15) is 13.2 Å². The van der Waals surface area contributed by atoms with Crippen LogP contribution in [0.1, 0.15) is 49.4 Å². The van der Waals surface area contributed by atoms with Crippen molar-refractivity contribution in [2.24, 2.45) is 11.3 Å². The largest absolute Gasteiger partial charge is 0.501 e. The lowest BCUT2D eigenvalue weighted by atomic mass is 9.75. The lowest BCUT2D eigenvalue weighted by Crippen LogP contribution is -2.50. The Morgan fingerprint density at radius 3 is 2.38 bits per heavy atom. The van der Waals surface area contributed by atoms with E-state index < -0.39 is 67.3 Å². The minimum absolute atomic E-state index is 0.108. The smallest absolute Gasteiger partial charge is 0.496 e. The zero-order valence-corrected chi connectivity index (χ0v) is 25.1. The second kappa shape index (κ2) is 13.2. The Hall–Kier alpha value is -3.92. The fourth-order valence-electron chi connectivity index (χ4n) is 5.26. The number of rotatable bonds is 9. The zero-order chi connectivity index (χ0) is 33.2. The van der Waals surface area contributed by atoms with Crippen molar-refractivity contribution in [1.29, 1.82) is 0 Å². The molecule has 2 amide bonds. The van der Waals surface area contributed by atoms with Gasteiger partial charge in [0.05, 0.1) is 47.7 Å². The Kier molecular flexibility index (Phi) is 9.97. The number of sulfone groups is 1. The third kappa shape index (κ3) is 7.49. The number of hydrogen-bond donors (Lipinski definition) is 3. The fourth-order valence-corrected chi connectivity index (χ4v) is 6.07. The van der Waals surface area contributed by atoms with Gasteiger partial charge < -0.3 is 30.0 Å². The Morgan fingerprint density at radius 2 is 1.76 bits per heavy atom. The molecular weight excluding hydrogens is 628 g/mol. The van der Waals surface area contributed by atoms with Crippen molar-refractivity contribution in [3.05, 3.63) is 47.8 Å². The van der Waals surface area contributed by atoms with Gasteiger partial charge in [0.15, 0.2) is 11.6 Å². The normalized spacial score (nSPS) is 23.9. The van der Waals surface area contributed by atoms with Gasteiger partial charge in [-0.1, -0.05) is 6.07 Å². The molecule has 2 aromatic rings. The lowest BCUT2D eigenvalue weighted by Gasteiger charge is -2.34. The highest BCUT2D eigenvalue weighted by molar-refractivity contribution is 7.92. The summed E-state index contributed by atoms with van der Waals surface area (Å²) >= 11 is 0. The van der Waals surface area contributed by atoms with Crippen LogP contribution in [0.4, 0.5) is 23.2 Å². The molecule has 0 radical (unpaired) electrons. The van der Waals surface area contributed by atoms with Gasteiger partial charge in [-0.3, -0.25) is 14.4 Å². The van der Waals surface area contributed by atoms with Gasteiger partial charge in [0.1, 0.15) is 5.75 Å². The van der Waals surface area contributed by atoms with E-state index in [0.29, 0.717) is 31.7 Å². The first-order valence-corrected chi connectivity index (χ1v) is 15.4. The van der Waals surface area contributed by atoms with Gasteiger partial charge in [0.2, 0.25) is 5.91 Å². The Balaban J connectivity index is 1.48. The summed E-state index contributed by atoms with van der Waals surface area (Å²) in [4.78, 5) is 37.0. The quantitative estimate of drug-likeness (QED) is 0.334. The highest BCUT2D eigenvalue weighted by atomic mass is 32.2. The molecule has 45 heavy (non-hydrogen) atoms. The highest BCUT2D eigenvalue weighted by Gasteiger charge is 2.47. The number of methoxy groups -OCH3 is 1. The van der Waals surface area contributed by atoms with Crippen LogP contribution in [0.2, 0.25) is 0 Å². The summed E-state index contributed by atoms with van der Waals surface area (Å²) in [5.74, 6) is -4.48. The summed E-state index contributed by atoms with van der Waals surface area (Å²) in [5.41, 5.74) is -6.75. The van der Waals surface area contributed by atoms with Crippen LogP contribution >= 0.6 is 0 Å². The molecule has 1 aliphatic carbocycles. The number of ether oxygens (including phenoxy) is 3. The third-order valence-corrected chi connectivity index (χ3v) is 9.55. The van der Waals surface area contributed by atoms with Crippen LogP contribution in [0.5, 0.6) is 11.5 Å². The topological polar surface area (TPSA) is 157 Å². The van der Waals surface area contributed by atoms with Crippen molar-refractivity contribution in [2.45, 2.75) is 61.6 Å². The first-order chi connectivity index (χ1) is 21.1. The molecule has 2 aromatic carbocycles. The molecule has 3 N–H and O–H groups in total. The van der Waals surface area contributed by atoms with E-state index >= 15 is 0 Å². The van der Waals surface area contributed by atoms with E-state index in [9.17, 15) is 45.5 Å². The van der Waals surface area contributed by atoms with Crippen molar-refractivity contribution in [3.8, 4) is 11.5 Å². The van der Waals surface area contributed by atoms with Crippen LogP contribution in [0.25, 0.3) is 0 Å². The number of aliphatic carboxylic acids is 1. The molecule has 16 heteroatoms. The summed E-state index contributed by atoms with van der Waals surface area (Å²) in [7, 11) is -4.42. The number of nitrogens with one attached hydrogen (secondary N) is 2. The summed E-state index contributed by atoms with van der Waals surface area (Å²) in [6.45, 7) is 1.66. The van der Waals surface area contributed by atoms with E-state index in [-0.39, 0.29) is 42.4 Å². The molecule has 0 aromatic heterocycles. The van der Waals surface area contributed by atoms with E-state index in [2.05, 4.69) is 10.6 Å². The molecule has 1 saturated carbocycles. The van der Waals surface area contributed by atoms with Crippen molar-refractivity contribution in [3.63, 3.8) is 0 Å². The van der Waals surface area contributed by atoms with Gasteiger partial charge in [0.25, 0.3) is 15.7 Å². The van der Waals surface area contributed by atoms with E-state index in [4.69, 9.17) is 14.2 Å². The second-order valence-corrected chi connectivity index (χ2v) is 13.1. The first kappa shape index (κ1) is 34.0. The Labute approximate surface area is 256 Å². The number of anilines is 1. The molecule has 2 atom stereocenters. The average molecular weight is 661 g/mol. The van der Waals surface area contributed by atoms with Crippen molar-refractivity contribution < 1.29 is 59.7 Å². The highest BCUT2D eigenvalue weighted by Crippen LogP contribution is 2.39. The molecule has 4 rings (SSSR count). The molecule has 0 spiro atoms. The predicted molar refractivity (Wildman–Crippen MR) is 150 cm³/mol. The summed E-state index contributed by atoms with van der Waals surface area (Å²) in [5, 5.41) is 14.5. The number of carbonyl (C=O) groups excluding carboxylic acids is 2. The number of alkyl halides is 3. The van der Waals surface area contributed by atoms with Gasteiger partial charge >= 0.3 is 11.5 Å². The number of amides is 2. The molecule has 0 unspecified atom stereocenters. The summed E-state index contributed by atoms with van der Waals surface area (Å²) in [6.07, 6.45) is 0.995. The van der Waals surface area contributed by atoms with Crippen LogP contribution < -0.4 is 20.1 Å². The maximum atomic E-state index is 14.9. The lowest BCUT2D eigenvalue weighted by molar-refractivity contribution is -0.150. The van der Waals surface area contributed by atoms with Crippen molar-refractivity contribution >= 4 is 33.3 Å². The van der Waals surface area contributed by atoms with Crippen LogP contribution in [-0.4, -0.2) is 69.3 Å². The summed E-state index contributed by atoms with van der Waals surface area (Å²) < 4.78 is 93.9. The van der Waals surface area contributed by atoms with E-state index in [1.807, 2.05) is 0 Å². The maximum absolute atomic E-state index is 14.9. The molecule has 1 aliphatic heterocycles. The van der Waals surface area contributed by atoms with Crippen molar-refractivity contribution in [1.82, 2.24) is 5.32 Å². The zero-order valence-electron chi connectivity index (χ0n) is 24.3. The van der Waals surface area contributed by atoms with Crippen LogP contribution in [-0.2, 0) is 24.2 Å². The molecule has 2 aliphatic rings. The van der Waals surface area contributed by atoms with Gasteiger partial charge in [0, 0.05) is 18.4 Å². The number of halogens is 4. The standard InChI is InChI=1S/C29H32F4N2O9S/c1-28(27(38)39)9-6-17(7-10-28)44-24-13-20(23(42-2)14-21(24)30)26(37)35-22-15-43-11-8-19(22)25(36)34-16-4-3-5-18(12-16)45(40,41)29(31,32)33/h3-5,12-14,17,19,22H,6-11,15H2,1-2H3,(H,34,36)(H,35,37)(H,38,39)/t17-,19-,22+,28+/m1/s1. The molecule has 11 nitrogen and oxygen atoms in total. The van der Waals surface area contributed by atoms with Crippen LogP contribution in [0.3, 0.4) is 0 Å². The maximum Gasteiger partial charge on any atom is 0.501 e. The number of benzene rings is 2. The molecule has 1 heterocycles. The fraction of sp³-hybridized carbons (Fsp3) is 0.483. The monoisotopic (exact) mass is 660 g/mol. The molecular formula is C29H32F4N2O9S. The molecule has 246 valence electrons. The predicted octanol–water partition coefficient (Wildman–Crippen LogP) is 4.31. The van der Waals surface area contributed by atoms with Crippen LogP contribution in [0.15, 0.2) is 41.3 Å². The van der Waals surface area contributed by atoms with Crippen LogP contribution in [0, 0.1) is 17.2 Å². The number of carbonyl (C=O) groups is 3. The molecule has 2 fully saturated rings. The Bertz CT molecular complexity index is 1560. The minimum Gasteiger partial charge on any atom is -0.496 e. The van der Waals surface area contributed by atoms with Gasteiger partial charge in [-0.15, -0.1) is 0 Å².